The number of aromatic nitrogens is 1. The van der Waals surface area contributed by atoms with Crippen molar-refractivity contribution in [2.75, 3.05) is 0 Å². The summed E-state index contributed by atoms with van der Waals surface area (Å²) < 4.78 is 2.37. The van der Waals surface area contributed by atoms with E-state index >= 15 is 0 Å². The first kappa shape index (κ1) is 22.6. The van der Waals surface area contributed by atoms with E-state index in [1.807, 2.05) is 12.1 Å². The van der Waals surface area contributed by atoms with Crippen LogP contribution in [0.15, 0.2) is 103 Å². The third-order valence-electron chi connectivity index (χ3n) is 7.42. The summed E-state index contributed by atoms with van der Waals surface area (Å²) in [5, 5.41) is 21.9. The van der Waals surface area contributed by atoms with Gasteiger partial charge in [-0.05, 0) is 83.4 Å². The highest BCUT2D eigenvalue weighted by Gasteiger charge is 2.20. The molecular weight excluding hydrogens is 441 g/mol. The number of rotatable bonds is 4. The Kier molecular flexibility index (Phi) is 5.64. The molecule has 5 aromatic rings. The maximum absolute atomic E-state index is 9.86. The summed E-state index contributed by atoms with van der Waals surface area (Å²) in [6.07, 6.45) is 9.55. The van der Waals surface area contributed by atoms with Crippen LogP contribution in [0.1, 0.15) is 23.6 Å². The average molecular weight is 469 g/mol. The topological polar surface area (TPSA) is 45.4 Å². The normalized spacial score (nSPS) is 15.2. The van der Waals surface area contributed by atoms with Gasteiger partial charge < -0.3 is 14.6 Å². The summed E-state index contributed by atoms with van der Waals surface area (Å²) in [4.78, 5) is 0. The van der Waals surface area contributed by atoms with E-state index in [0.29, 0.717) is 5.46 Å². The second kappa shape index (κ2) is 8.98. The Morgan fingerprint density at radius 3 is 2.17 bits per heavy atom. The first-order valence-corrected chi connectivity index (χ1v) is 12.5. The zero-order chi connectivity index (χ0) is 24.8. The quantitative estimate of drug-likeness (QED) is 0.296. The van der Waals surface area contributed by atoms with Crippen LogP contribution in [-0.2, 0) is 0 Å². The molecule has 3 nitrogen and oxygen atoms in total. The molecule has 4 heteroatoms. The van der Waals surface area contributed by atoms with Gasteiger partial charge in [-0.2, -0.15) is 0 Å². The Balaban J connectivity index is 1.56. The molecule has 1 unspecified atom stereocenters. The Labute approximate surface area is 211 Å². The number of benzene rings is 4. The smallest absolute Gasteiger partial charge is 0.423 e. The predicted octanol–water partition coefficient (Wildman–Crippen LogP) is 6.48. The zero-order valence-corrected chi connectivity index (χ0v) is 20.5. The minimum atomic E-state index is -1.50. The maximum atomic E-state index is 9.86. The van der Waals surface area contributed by atoms with Gasteiger partial charge in [0.05, 0.1) is 6.04 Å². The minimum Gasteiger partial charge on any atom is -0.423 e. The molecule has 1 aliphatic rings. The lowest BCUT2D eigenvalue weighted by Crippen LogP contribution is -2.29. The number of aryl methyl sites for hydroxylation is 2. The zero-order valence-electron chi connectivity index (χ0n) is 20.5. The largest absolute Gasteiger partial charge is 0.488 e. The van der Waals surface area contributed by atoms with E-state index in [0.717, 1.165) is 33.8 Å². The molecule has 0 bridgehead atoms. The van der Waals surface area contributed by atoms with Crippen LogP contribution in [-0.4, -0.2) is 21.7 Å². The molecule has 176 valence electrons. The van der Waals surface area contributed by atoms with Gasteiger partial charge in [0.15, 0.2) is 0 Å². The van der Waals surface area contributed by atoms with Crippen LogP contribution < -0.4 is 5.46 Å². The van der Waals surface area contributed by atoms with Gasteiger partial charge in [-0.1, -0.05) is 78.9 Å². The minimum absolute atomic E-state index is 0.220. The van der Waals surface area contributed by atoms with Crippen molar-refractivity contribution in [3.05, 3.63) is 114 Å². The van der Waals surface area contributed by atoms with Crippen molar-refractivity contribution in [3.8, 4) is 22.3 Å². The summed E-state index contributed by atoms with van der Waals surface area (Å²) in [6, 6.07) is 27.8. The van der Waals surface area contributed by atoms with Crippen LogP contribution in [0.4, 0.5) is 0 Å². The van der Waals surface area contributed by atoms with Crippen molar-refractivity contribution in [1.82, 2.24) is 4.57 Å². The molecule has 1 aliphatic carbocycles. The molecule has 0 saturated carbocycles. The van der Waals surface area contributed by atoms with Crippen molar-refractivity contribution >= 4 is 34.4 Å². The lowest BCUT2D eigenvalue weighted by molar-refractivity contribution is 0.426. The lowest BCUT2D eigenvalue weighted by Gasteiger charge is -2.18. The van der Waals surface area contributed by atoms with Gasteiger partial charge in [0.2, 0.25) is 0 Å². The molecule has 4 aromatic carbocycles. The summed E-state index contributed by atoms with van der Waals surface area (Å²) >= 11 is 0. The fourth-order valence-electron chi connectivity index (χ4n) is 5.49. The summed E-state index contributed by atoms with van der Waals surface area (Å²) in [5.41, 5.74) is 10.1. The molecule has 1 atom stereocenters. The highest BCUT2D eigenvalue weighted by Crippen LogP contribution is 2.37. The molecule has 0 radical (unpaired) electrons. The van der Waals surface area contributed by atoms with E-state index in [2.05, 4.69) is 103 Å². The molecular formula is C32H28BNO2. The third kappa shape index (κ3) is 3.79. The molecule has 1 aromatic heterocycles. The van der Waals surface area contributed by atoms with Gasteiger partial charge in [-0.15, -0.1) is 0 Å². The van der Waals surface area contributed by atoms with Crippen LogP contribution >= 0.6 is 0 Å². The van der Waals surface area contributed by atoms with Crippen LogP contribution in [0.5, 0.6) is 0 Å². The second-order valence-corrected chi connectivity index (χ2v) is 9.71. The molecule has 1 heterocycles. The van der Waals surface area contributed by atoms with Crippen molar-refractivity contribution in [1.29, 1.82) is 0 Å². The fraction of sp³-hybridized carbons (Fsp3) is 0.125. The Morgan fingerprint density at radius 2 is 1.42 bits per heavy atom. The van der Waals surface area contributed by atoms with E-state index in [4.69, 9.17) is 0 Å². The van der Waals surface area contributed by atoms with Crippen molar-refractivity contribution in [2.24, 2.45) is 0 Å². The average Bonchev–Trinajstić information content (AvgIpc) is 3.23. The van der Waals surface area contributed by atoms with Gasteiger partial charge >= 0.3 is 7.12 Å². The maximum Gasteiger partial charge on any atom is 0.488 e. The SMILES string of the molecule is Cc1ccccc1-c1cc(-c2ccc3c(c2)c2cc(B(O)O)ccc2n3C2C=CC=CC2)ccc1C. The van der Waals surface area contributed by atoms with E-state index in [-0.39, 0.29) is 6.04 Å². The summed E-state index contributed by atoms with van der Waals surface area (Å²) in [7, 11) is -1.50. The standard InChI is InChI=1S/C32H28BNO2/c1-21-8-6-7-11-27(21)28-18-23(13-12-22(28)2)24-14-16-31-29(19-24)30-20-25(33(35)36)15-17-32(30)34(31)26-9-4-3-5-10-26/h3-9,11-20,26,35-36H,10H2,1-2H3. The number of nitrogens with zero attached hydrogens (tertiary/aromatic N) is 1. The lowest BCUT2D eigenvalue weighted by atomic mass is 9.80. The fourth-order valence-corrected chi connectivity index (χ4v) is 5.49. The number of hydrogen-bond acceptors (Lipinski definition) is 2. The number of fused-ring (bicyclic) bond motifs is 3. The number of hydrogen-bond donors (Lipinski definition) is 2. The molecule has 2 N–H and O–H groups in total. The Morgan fingerprint density at radius 1 is 0.722 bits per heavy atom. The van der Waals surface area contributed by atoms with E-state index in [1.165, 1.54) is 27.8 Å². The summed E-state index contributed by atoms with van der Waals surface area (Å²) in [5.74, 6) is 0. The van der Waals surface area contributed by atoms with Crippen molar-refractivity contribution < 1.29 is 10.0 Å². The molecule has 6 rings (SSSR count). The van der Waals surface area contributed by atoms with Gasteiger partial charge in [-0.3, -0.25) is 0 Å². The molecule has 0 spiro atoms. The molecule has 0 saturated heterocycles. The van der Waals surface area contributed by atoms with Gasteiger partial charge in [0, 0.05) is 21.8 Å². The monoisotopic (exact) mass is 469 g/mol. The van der Waals surface area contributed by atoms with Gasteiger partial charge in [0.25, 0.3) is 0 Å². The molecule has 0 amide bonds. The van der Waals surface area contributed by atoms with E-state index in [1.54, 1.807) is 6.07 Å². The second-order valence-electron chi connectivity index (χ2n) is 9.71. The van der Waals surface area contributed by atoms with Crippen LogP contribution in [0.25, 0.3) is 44.1 Å². The van der Waals surface area contributed by atoms with Crippen LogP contribution in [0, 0.1) is 13.8 Å². The molecule has 0 fully saturated rings. The molecule has 0 aliphatic heterocycles. The Hall–Kier alpha value is -3.86. The first-order chi connectivity index (χ1) is 17.5. The molecule has 36 heavy (non-hydrogen) atoms. The van der Waals surface area contributed by atoms with Gasteiger partial charge in [-0.25, -0.2) is 0 Å². The highest BCUT2D eigenvalue weighted by atomic mass is 16.4. The van der Waals surface area contributed by atoms with Gasteiger partial charge in [0.1, 0.15) is 0 Å². The van der Waals surface area contributed by atoms with Crippen molar-refractivity contribution in [3.63, 3.8) is 0 Å². The first-order valence-electron chi connectivity index (χ1n) is 12.5. The summed E-state index contributed by atoms with van der Waals surface area (Å²) in [6.45, 7) is 4.32. The highest BCUT2D eigenvalue weighted by molar-refractivity contribution is 6.59. The third-order valence-corrected chi connectivity index (χ3v) is 7.42. The van der Waals surface area contributed by atoms with E-state index in [9.17, 15) is 10.0 Å². The Bertz CT molecular complexity index is 1680. The van der Waals surface area contributed by atoms with Crippen LogP contribution in [0.3, 0.4) is 0 Å². The predicted molar refractivity (Wildman–Crippen MR) is 152 cm³/mol. The number of allylic oxidation sites excluding steroid dienone is 4. The van der Waals surface area contributed by atoms with E-state index < -0.39 is 7.12 Å². The van der Waals surface area contributed by atoms with Crippen LogP contribution in [0.2, 0.25) is 0 Å². The van der Waals surface area contributed by atoms with Crippen molar-refractivity contribution in [2.45, 2.75) is 26.3 Å².